The van der Waals surface area contributed by atoms with Crippen LogP contribution in [0.2, 0.25) is 0 Å². The minimum Gasteiger partial charge on any atom is -0.354 e. The molecule has 1 heteroatoms. The van der Waals surface area contributed by atoms with Gasteiger partial charge < -0.3 is 4.98 Å². The van der Waals surface area contributed by atoms with Crippen molar-refractivity contribution in [1.82, 2.24) is 4.98 Å². The Morgan fingerprint density at radius 3 is 1.72 bits per heavy atom. The predicted molar refractivity (Wildman–Crippen MR) is 108 cm³/mol. The van der Waals surface area contributed by atoms with E-state index in [4.69, 9.17) is 0 Å². The summed E-state index contributed by atoms with van der Waals surface area (Å²) in [5, 5.41) is 10.3. The van der Waals surface area contributed by atoms with Crippen LogP contribution in [0.15, 0.2) is 84.9 Å². The normalized spacial score (nSPS) is 12.0. The number of fused-ring (bicyclic) bond motifs is 6. The van der Waals surface area contributed by atoms with E-state index in [-0.39, 0.29) is 0 Å². The van der Waals surface area contributed by atoms with E-state index in [1.165, 1.54) is 54.1 Å². The van der Waals surface area contributed by atoms with Crippen molar-refractivity contribution in [2.45, 2.75) is 0 Å². The van der Waals surface area contributed by atoms with E-state index in [0.717, 1.165) is 0 Å². The van der Waals surface area contributed by atoms with Crippen molar-refractivity contribution in [3.63, 3.8) is 0 Å². The second-order valence-corrected chi connectivity index (χ2v) is 6.81. The van der Waals surface area contributed by atoms with Gasteiger partial charge in [-0.3, -0.25) is 0 Å². The van der Waals surface area contributed by atoms with Crippen molar-refractivity contribution in [3.05, 3.63) is 84.9 Å². The summed E-state index contributed by atoms with van der Waals surface area (Å²) in [7, 11) is 0. The molecule has 0 amide bonds. The molecule has 0 saturated heterocycles. The van der Waals surface area contributed by atoms with Crippen LogP contribution in [0.5, 0.6) is 0 Å². The van der Waals surface area contributed by atoms with Crippen LogP contribution in [0.4, 0.5) is 0 Å². The Bertz CT molecular complexity index is 1430. The number of H-pyrrole nitrogens is 1. The molecule has 0 aliphatic carbocycles. The smallest absolute Gasteiger partial charge is 0.0471 e. The van der Waals surface area contributed by atoms with Crippen molar-refractivity contribution in [1.29, 1.82) is 0 Å². The summed E-state index contributed by atoms with van der Waals surface area (Å²) >= 11 is 0. The van der Waals surface area contributed by atoms with Crippen molar-refractivity contribution < 1.29 is 0 Å². The maximum absolute atomic E-state index is 3.55. The van der Waals surface area contributed by atoms with Crippen LogP contribution in [0.1, 0.15) is 0 Å². The number of para-hydroxylation sites is 1. The highest BCUT2D eigenvalue weighted by Crippen LogP contribution is 2.32. The Balaban J connectivity index is 1.76. The largest absolute Gasteiger partial charge is 0.354 e. The molecule has 0 aliphatic rings. The highest BCUT2D eigenvalue weighted by Gasteiger charge is 2.07. The minimum absolute atomic E-state index is 1.20. The third-order valence-electron chi connectivity index (χ3n) is 5.28. The van der Waals surface area contributed by atoms with Gasteiger partial charge in [0.15, 0.2) is 0 Å². The van der Waals surface area contributed by atoms with Gasteiger partial charge >= 0.3 is 0 Å². The summed E-state index contributed by atoms with van der Waals surface area (Å²) in [6.45, 7) is 0. The van der Waals surface area contributed by atoms with Crippen LogP contribution >= 0.6 is 0 Å². The van der Waals surface area contributed by atoms with Crippen LogP contribution in [-0.4, -0.2) is 4.98 Å². The molecule has 6 aromatic rings. The van der Waals surface area contributed by atoms with E-state index in [1.54, 1.807) is 0 Å². The molecule has 0 fully saturated rings. The molecule has 25 heavy (non-hydrogen) atoms. The Morgan fingerprint density at radius 2 is 0.960 bits per heavy atom. The molecule has 1 aromatic heterocycles. The lowest BCUT2D eigenvalue weighted by molar-refractivity contribution is 1.55. The molecule has 0 unspecified atom stereocenters. The van der Waals surface area contributed by atoms with Gasteiger partial charge in [-0.15, -0.1) is 0 Å². The molecular formula is C24H15N. The van der Waals surface area contributed by atoms with Gasteiger partial charge in [0, 0.05) is 21.8 Å². The molecule has 0 radical (unpaired) electrons. The van der Waals surface area contributed by atoms with Gasteiger partial charge in [0.2, 0.25) is 0 Å². The van der Waals surface area contributed by atoms with Crippen LogP contribution < -0.4 is 0 Å². The summed E-state index contributed by atoms with van der Waals surface area (Å²) in [6, 6.07) is 30.9. The number of hydrogen-bond acceptors (Lipinski definition) is 0. The van der Waals surface area contributed by atoms with Gasteiger partial charge in [-0.2, -0.15) is 0 Å². The van der Waals surface area contributed by atoms with Crippen LogP contribution in [-0.2, 0) is 0 Å². The first-order valence-corrected chi connectivity index (χ1v) is 8.62. The van der Waals surface area contributed by atoms with Crippen LogP contribution in [0.25, 0.3) is 54.1 Å². The van der Waals surface area contributed by atoms with Gasteiger partial charge in [-0.25, -0.2) is 0 Å². The Hall–Kier alpha value is -3.32. The van der Waals surface area contributed by atoms with Crippen molar-refractivity contribution in [3.8, 4) is 0 Å². The maximum Gasteiger partial charge on any atom is 0.0471 e. The molecule has 1 N–H and O–H groups in total. The van der Waals surface area contributed by atoms with E-state index < -0.39 is 0 Å². The van der Waals surface area contributed by atoms with Crippen molar-refractivity contribution in [2.24, 2.45) is 0 Å². The third kappa shape index (κ3) is 1.84. The quantitative estimate of drug-likeness (QED) is 0.297. The first kappa shape index (κ1) is 13.0. The van der Waals surface area contributed by atoms with Gasteiger partial charge in [0.05, 0.1) is 0 Å². The number of benzene rings is 5. The average Bonchev–Trinajstić information content (AvgIpc) is 3.00. The van der Waals surface area contributed by atoms with E-state index in [2.05, 4.69) is 89.9 Å². The fourth-order valence-electron chi connectivity index (χ4n) is 4.04. The van der Waals surface area contributed by atoms with E-state index >= 15 is 0 Å². The maximum atomic E-state index is 3.55. The zero-order valence-corrected chi connectivity index (χ0v) is 13.6. The van der Waals surface area contributed by atoms with Gasteiger partial charge in [-0.1, -0.05) is 42.5 Å². The summed E-state index contributed by atoms with van der Waals surface area (Å²) < 4.78 is 0. The number of nitrogens with one attached hydrogen (secondary N) is 1. The summed E-state index contributed by atoms with van der Waals surface area (Å²) in [5.74, 6) is 0. The Morgan fingerprint density at radius 1 is 0.400 bits per heavy atom. The fraction of sp³-hybridized carbons (Fsp3) is 0. The highest BCUT2D eigenvalue weighted by molar-refractivity contribution is 6.14. The van der Waals surface area contributed by atoms with Crippen LogP contribution in [0.3, 0.4) is 0 Å². The van der Waals surface area contributed by atoms with Gasteiger partial charge in [0.25, 0.3) is 0 Å². The lowest BCUT2D eigenvalue weighted by Gasteiger charge is -2.06. The number of aromatic nitrogens is 1. The zero-order valence-electron chi connectivity index (χ0n) is 13.6. The van der Waals surface area contributed by atoms with Crippen molar-refractivity contribution in [2.75, 3.05) is 0 Å². The molecule has 5 aromatic carbocycles. The Kier molecular flexibility index (Phi) is 2.40. The summed E-state index contributed by atoms with van der Waals surface area (Å²) in [6.07, 6.45) is 0. The van der Waals surface area contributed by atoms with Gasteiger partial charge in [0.1, 0.15) is 0 Å². The molecule has 0 spiro atoms. The monoisotopic (exact) mass is 317 g/mol. The first-order chi connectivity index (χ1) is 12.3. The molecule has 0 aliphatic heterocycles. The summed E-state index contributed by atoms with van der Waals surface area (Å²) in [4.78, 5) is 3.55. The fourth-order valence-corrected chi connectivity index (χ4v) is 4.04. The molecule has 0 saturated carbocycles. The highest BCUT2D eigenvalue weighted by atomic mass is 14.7. The average molecular weight is 317 g/mol. The number of hydrogen-bond donors (Lipinski definition) is 1. The zero-order chi connectivity index (χ0) is 16.4. The summed E-state index contributed by atoms with van der Waals surface area (Å²) in [5.41, 5.74) is 2.40. The SMILES string of the molecule is c1ccc2cc3cc4cc5c(cc4cc3cc2c1)[nH]c1ccccc15. The molecule has 0 atom stereocenters. The van der Waals surface area contributed by atoms with E-state index in [9.17, 15) is 0 Å². The van der Waals surface area contributed by atoms with E-state index in [1.807, 2.05) is 0 Å². The second kappa shape index (κ2) is 4.61. The Labute approximate surface area is 144 Å². The van der Waals surface area contributed by atoms with Crippen LogP contribution in [0, 0.1) is 0 Å². The molecule has 0 bridgehead atoms. The predicted octanol–water partition coefficient (Wildman–Crippen LogP) is 6.78. The molecule has 6 rings (SSSR count). The number of aromatic amines is 1. The topological polar surface area (TPSA) is 15.8 Å². The van der Waals surface area contributed by atoms with Crippen molar-refractivity contribution >= 4 is 54.1 Å². The minimum atomic E-state index is 1.20. The molecule has 116 valence electrons. The molecule has 1 heterocycles. The second-order valence-electron chi connectivity index (χ2n) is 6.81. The standard InChI is InChI=1S/C24H15N/c1-2-6-16-10-18-12-20-14-24-22(21-7-3-4-8-23(21)25-24)13-19(20)11-17(18)9-15(16)5-1/h1-14,25H. The molecular weight excluding hydrogens is 302 g/mol. The van der Waals surface area contributed by atoms with E-state index in [0.29, 0.717) is 0 Å². The lowest BCUT2D eigenvalue weighted by atomic mass is 9.98. The lowest BCUT2D eigenvalue weighted by Crippen LogP contribution is -1.79. The molecule has 1 nitrogen and oxygen atoms in total. The first-order valence-electron chi connectivity index (χ1n) is 8.62. The number of rotatable bonds is 0. The third-order valence-corrected chi connectivity index (χ3v) is 5.28. The van der Waals surface area contributed by atoms with Gasteiger partial charge in [-0.05, 0) is 74.8 Å².